The van der Waals surface area contributed by atoms with Crippen molar-refractivity contribution < 1.29 is 4.74 Å². The Labute approximate surface area is 132 Å². The molecule has 0 amide bonds. The van der Waals surface area contributed by atoms with Crippen LogP contribution in [0, 0.1) is 0 Å². The van der Waals surface area contributed by atoms with Crippen molar-refractivity contribution in [1.82, 2.24) is 4.98 Å². The predicted molar refractivity (Wildman–Crippen MR) is 85.1 cm³/mol. The van der Waals surface area contributed by atoms with Crippen LogP contribution in [0.1, 0.15) is 18.1 Å². The standard InChI is InChI=1S/C15H16BrClN2O/c1-10(18)7-11-3-2-4-13(16)15(11)20-9-12-5-6-19-8-14(12)17/h2-6,8,10H,7,9,18H2,1H3. The molecule has 0 spiro atoms. The van der Waals surface area contributed by atoms with E-state index in [0.29, 0.717) is 11.6 Å². The second-order valence-electron chi connectivity index (χ2n) is 4.67. The summed E-state index contributed by atoms with van der Waals surface area (Å²) >= 11 is 9.60. The van der Waals surface area contributed by atoms with Gasteiger partial charge in [0.1, 0.15) is 12.4 Å². The zero-order chi connectivity index (χ0) is 14.5. The predicted octanol–water partition coefficient (Wildman–Crippen LogP) is 3.97. The third-order valence-corrected chi connectivity index (χ3v) is 3.78. The number of benzene rings is 1. The first kappa shape index (κ1) is 15.3. The maximum absolute atomic E-state index is 6.08. The molecule has 0 radical (unpaired) electrons. The molecule has 0 saturated heterocycles. The Hall–Kier alpha value is -1.10. The van der Waals surface area contributed by atoms with E-state index in [0.717, 1.165) is 27.8 Å². The van der Waals surface area contributed by atoms with Gasteiger partial charge in [-0.3, -0.25) is 4.98 Å². The van der Waals surface area contributed by atoms with Crippen molar-refractivity contribution >= 4 is 27.5 Å². The largest absolute Gasteiger partial charge is 0.487 e. The molecule has 1 heterocycles. The molecule has 20 heavy (non-hydrogen) atoms. The first-order valence-electron chi connectivity index (χ1n) is 6.32. The van der Waals surface area contributed by atoms with Crippen molar-refractivity contribution in [3.8, 4) is 5.75 Å². The molecule has 1 unspecified atom stereocenters. The number of hydrogen-bond donors (Lipinski definition) is 1. The second-order valence-corrected chi connectivity index (χ2v) is 5.93. The minimum Gasteiger partial charge on any atom is -0.487 e. The average molecular weight is 356 g/mol. The van der Waals surface area contributed by atoms with E-state index in [1.54, 1.807) is 12.4 Å². The average Bonchev–Trinajstić information content (AvgIpc) is 2.39. The minimum atomic E-state index is 0.0798. The molecule has 1 aromatic heterocycles. The molecule has 2 N–H and O–H groups in total. The molecule has 2 rings (SSSR count). The van der Waals surface area contributed by atoms with Crippen molar-refractivity contribution in [3.05, 3.63) is 57.3 Å². The van der Waals surface area contributed by atoms with Crippen LogP contribution in [-0.2, 0) is 13.0 Å². The fraction of sp³-hybridized carbons (Fsp3) is 0.267. The lowest BCUT2D eigenvalue weighted by molar-refractivity contribution is 0.300. The van der Waals surface area contributed by atoms with Crippen LogP contribution < -0.4 is 10.5 Å². The molecule has 106 valence electrons. The minimum absolute atomic E-state index is 0.0798. The lowest BCUT2D eigenvalue weighted by atomic mass is 10.1. The van der Waals surface area contributed by atoms with Crippen molar-refractivity contribution in [1.29, 1.82) is 0 Å². The lowest BCUT2D eigenvalue weighted by Gasteiger charge is -2.15. The van der Waals surface area contributed by atoms with Gasteiger partial charge in [0, 0.05) is 24.0 Å². The van der Waals surface area contributed by atoms with E-state index in [1.165, 1.54) is 0 Å². The van der Waals surface area contributed by atoms with Gasteiger partial charge in [-0.05, 0) is 47.0 Å². The van der Waals surface area contributed by atoms with Gasteiger partial charge in [-0.15, -0.1) is 0 Å². The normalized spacial score (nSPS) is 12.2. The lowest BCUT2D eigenvalue weighted by Crippen LogP contribution is -2.18. The number of ether oxygens (including phenoxy) is 1. The van der Waals surface area contributed by atoms with Crippen LogP contribution in [-0.4, -0.2) is 11.0 Å². The molecule has 2 aromatic rings. The number of para-hydroxylation sites is 1. The molecule has 1 aromatic carbocycles. The highest BCUT2D eigenvalue weighted by molar-refractivity contribution is 9.10. The van der Waals surface area contributed by atoms with E-state index < -0.39 is 0 Å². The zero-order valence-corrected chi connectivity index (χ0v) is 13.5. The topological polar surface area (TPSA) is 48.1 Å². The third kappa shape index (κ3) is 3.95. The summed E-state index contributed by atoms with van der Waals surface area (Å²) in [7, 11) is 0. The molecule has 0 bridgehead atoms. The van der Waals surface area contributed by atoms with Gasteiger partial charge in [-0.25, -0.2) is 0 Å². The summed E-state index contributed by atoms with van der Waals surface area (Å²) < 4.78 is 6.84. The van der Waals surface area contributed by atoms with Gasteiger partial charge in [-0.1, -0.05) is 23.7 Å². The van der Waals surface area contributed by atoms with Crippen LogP contribution in [0.15, 0.2) is 41.1 Å². The van der Waals surface area contributed by atoms with Gasteiger partial charge in [-0.2, -0.15) is 0 Å². The van der Waals surface area contributed by atoms with Crippen molar-refractivity contribution in [2.24, 2.45) is 5.73 Å². The Morgan fingerprint density at radius 2 is 2.15 bits per heavy atom. The second kappa shape index (κ2) is 7.07. The third-order valence-electron chi connectivity index (χ3n) is 2.82. The maximum Gasteiger partial charge on any atom is 0.137 e. The first-order valence-corrected chi connectivity index (χ1v) is 7.49. The Kier molecular flexibility index (Phi) is 5.40. The maximum atomic E-state index is 6.08. The van der Waals surface area contributed by atoms with Crippen molar-refractivity contribution in [3.63, 3.8) is 0 Å². The number of nitrogens with two attached hydrogens (primary N) is 1. The monoisotopic (exact) mass is 354 g/mol. The molecule has 3 nitrogen and oxygen atoms in total. The van der Waals surface area contributed by atoms with Crippen molar-refractivity contribution in [2.45, 2.75) is 26.0 Å². The highest BCUT2D eigenvalue weighted by Crippen LogP contribution is 2.31. The summed E-state index contributed by atoms with van der Waals surface area (Å²) in [6.45, 7) is 2.38. The SMILES string of the molecule is CC(N)Cc1cccc(Br)c1OCc1ccncc1Cl. The molecule has 0 fully saturated rings. The fourth-order valence-corrected chi connectivity index (χ4v) is 2.59. The van der Waals surface area contributed by atoms with Gasteiger partial charge in [0.2, 0.25) is 0 Å². The van der Waals surface area contributed by atoms with E-state index >= 15 is 0 Å². The summed E-state index contributed by atoms with van der Waals surface area (Å²) in [6, 6.07) is 7.89. The van der Waals surface area contributed by atoms with E-state index in [1.807, 2.05) is 31.2 Å². The Balaban J connectivity index is 2.18. The number of hydrogen-bond acceptors (Lipinski definition) is 3. The van der Waals surface area contributed by atoms with E-state index in [4.69, 9.17) is 22.1 Å². The number of nitrogens with zero attached hydrogens (tertiary/aromatic N) is 1. The fourth-order valence-electron chi connectivity index (χ4n) is 1.89. The molecule has 0 aliphatic rings. The number of pyridine rings is 1. The van der Waals surface area contributed by atoms with Crippen LogP contribution in [0.4, 0.5) is 0 Å². The molecule has 0 aliphatic carbocycles. The van der Waals surface area contributed by atoms with Crippen molar-refractivity contribution in [2.75, 3.05) is 0 Å². The van der Waals surface area contributed by atoms with E-state index in [-0.39, 0.29) is 6.04 Å². The smallest absolute Gasteiger partial charge is 0.137 e. The van der Waals surface area contributed by atoms with Crippen LogP contribution in [0.25, 0.3) is 0 Å². The number of halogens is 2. The number of rotatable bonds is 5. The molecule has 0 saturated carbocycles. The molecule has 5 heteroatoms. The van der Waals surface area contributed by atoms with Gasteiger partial charge < -0.3 is 10.5 Å². The quantitative estimate of drug-likeness (QED) is 0.883. The Bertz CT molecular complexity index is 590. The highest BCUT2D eigenvalue weighted by Gasteiger charge is 2.11. The summed E-state index contributed by atoms with van der Waals surface area (Å²) in [5.74, 6) is 0.817. The number of aromatic nitrogens is 1. The summed E-state index contributed by atoms with van der Waals surface area (Å²) in [4.78, 5) is 3.96. The van der Waals surface area contributed by atoms with E-state index in [2.05, 4.69) is 20.9 Å². The zero-order valence-electron chi connectivity index (χ0n) is 11.1. The first-order chi connectivity index (χ1) is 9.58. The molecular formula is C15H16BrClN2O. The van der Waals surface area contributed by atoms with E-state index in [9.17, 15) is 0 Å². The summed E-state index contributed by atoms with van der Waals surface area (Å²) in [6.07, 6.45) is 4.08. The van der Waals surface area contributed by atoms with Gasteiger partial charge in [0.25, 0.3) is 0 Å². The molecule has 0 aliphatic heterocycles. The van der Waals surface area contributed by atoms with Gasteiger partial charge in [0.15, 0.2) is 0 Å². The van der Waals surface area contributed by atoms with Crippen LogP contribution >= 0.6 is 27.5 Å². The van der Waals surface area contributed by atoms with Crippen LogP contribution in [0.3, 0.4) is 0 Å². The van der Waals surface area contributed by atoms with Gasteiger partial charge in [0.05, 0.1) is 9.50 Å². The highest BCUT2D eigenvalue weighted by atomic mass is 79.9. The molecular weight excluding hydrogens is 340 g/mol. The summed E-state index contributed by atoms with van der Waals surface area (Å²) in [5, 5.41) is 0.605. The van der Waals surface area contributed by atoms with Crippen LogP contribution in [0.2, 0.25) is 5.02 Å². The Morgan fingerprint density at radius 3 is 2.85 bits per heavy atom. The summed E-state index contributed by atoms with van der Waals surface area (Å²) in [5.41, 5.74) is 7.86. The van der Waals surface area contributed by atoms with Gasteiger partial charge >= 0.3 is 0 Å². The Morgan fingerprint density at radius 1 is 1.35 bits per heavy atom. The molecule has 1 atom stereocenters. The van der Waals surface area contributed by atoms with Crippen LogP contribution in [0.5, 0.6) is 5.75 Å².